The lowest BCUT2D eigenvalue weighted by molar-refractivity contribution is 0.379. The Kier molecular flexibility index (Phi) is 4.33. The molecule has 0 unspecified atom stereocenters. The van der Waals surface area contributed by atoms with Crippen molar-refractivity contribution in [1.82, 2.24) is 10.5 Å². The molecule has 1 heterocycles. The molecule has 0 bridgehead atoms. The zero-order chi connectivity index (χ0) is 11.4. The summed E-state index contributed by atoms with van der Waals surface area (Å²) in [6, 6.07) is 0.568. The highest BCUT2D eigenvalue weighted by Crippen LogP contribution is 2.13. The average molecular weight is 210 g/mol. The fourth-order valence-electron chi connectivity index (χ4n) is 1.84. The summed E-state index contributed by atoms with van der Waals surface area (Å²) in [7, 11) is 0. The van der Waals surface area contributed by atoms with Crippen LogP contribution in [0.1, 0.15) is 44.2 Å². The van der Waals surface area contributed by atoms with Crippen molar-refractivity contribution < 1.29 is 4.52 Å². The Labute approximate surface area is 92.2 Å². The highest BCUT2D eigenvalue weighted by molar-refractivity contribution is 5.20. The van der Waals surface area contributed by atoms with Gasteiger partial charge in [-0.15, -0.1) is 0 Å². The summed E-state index contributed by atoms with van der Waals surface area (Å²) >= 11 is 0. The fourth-order valence-corrected chi connectivity index (χ4v) is 1.84. The number of nitrogens with zero attached hydrogens (tertiary/aromatic N) is 1. The molecule has 0 aliphatic rings. The minimum absolute atomic E-state index is 0.568. The second-order valence-corrected chi connectivity index (χ2v) is 4.44. The molecule has 1 aromatic heterocycles. The van der Waals surface area contributed by atoms with E-state index in [1.54, 1.807) is 0 Å². The van der Waals surface area contributed by atoms with Crippen molar-refractivity contribution in [3.8, 4) is 0 Å². The fraction of sp³-hybridized carbons (Fsp3) is 0.750. The monoisotopic (exact) mass is 210 g/mol. The summed E-state index contributed by atoms with van der Waals surface area (Å²) in [5.41, 5.74) is 2.20. The standard InChI is InChI=1S/C12H22N2O/c1-6-12(8(2)3)13-7-11-9(4)14-15-10(11)5/h8,12-13H,6-7H2,1-5H3/t12-/m0/s1. The van der Waals surface area contributed by atoms with Gasteiger partial charge < -0.3 is 9.84 Å². The van der Waals surface area contributed by atoms with Gasteiger partial charge >= 0.3 is 0 Å². The van der Waals surface area contributed by atoms with Crippen LogP contribution >= 0.6 is 0 Å². The normalized spacial score (nSPS) is 13.5. The van der Waals surface area contributed by atoms with Gasteiger partial charge in [0, 0.05) is 18.2 Å². The molecule has 1 rings (SSSR count). The predicted molar refractivity (Wildman–Crippen MR) is 61.7 cm³/mol. The Morgan fingerprint density at radius 3 is 2.40 bits per heavy atom. The topological polar surface area (TPSA) is 38.1 Å². The lowest BCUT2D eigenvalue weighted by atomic mass is 10.0. The zero-order valence-electron chi connectivity index (χ0n) is 10.4. The van der Waals surface area contributed by atoms with E-state index in [0.717, 1.165) is 24.4 Å². The molecule has 3 nitrogen and oxygen atoms in total. The first-order chi connectivity index (χ1) is 7.06. The van der Waals surface area contributed by atoms with Crippen molar-refractivity contribution in [3.63, 3.8) is 0 Å². The molecular weight excluding hydrogens is 188 g/mol. The van der Waals surface area contributed by atoms with Crippen LogP contribution < -0.4 is 5.32 Å². The van der Waals surface area contributed by atoms with Gasteiger partial charge in [-0.25, -0.2) is 0 Å². The van der Waals surface area contributed by atoms with Crippen molar-refractivity contribution in [2.45, 2.75) is 53.6 Å². The molecule has 0 saturated carbocycles. The largest absolute Gasteiger partial charge is 0.361 e. The zero-order valence-corrected chi connectivity index (χ0v) is 10.4. The molecule has 1 atom stereocenters. The number of aryl methyl sites for hydroxylation is 2. The summed E-state index contributed by atoms with van der Waals surface area (Å²) in [6.07, 6.45) is 1.15. The molecule has 0 fully saturated rings. The van der Waals surface area contributed by atoms with Crippen LogP contribution in [0.4, 0.5) is 0 Å². The van der Waals surface area contributed by atoms with Crippen LogP contribution in [0, 0.1) is 19.8 Å². The van der Waals surface area contributed by atoms with E-state index in [9.17, 15) is 0 Å². The molecular formula is C12H22N2O. The minimum Gasteiger partial charge on any atom is -0.361 e. The van der Waals surface area contributed by atoms with Gasteiger partial charge in [0.05, 0.1) is 5.69 Å². The second kappa shape index (κ2) is 5.31. The van der Waals surface area contributed by atoms with Gasteiger partial charge in [0.25, 0.3) is 0 Å². The molecule has 15 heavy (non-hydrogen) atoms. The first-order valence-corrected chi connectivity index (χ1v) is 5.71. The number of nitrogens with one attached hydrogen (secondary N) is 1. The third kappa shape index (κ3) is 3.06. The molecule has 0 spiro atoms. The molecule has 0 saturated heterocycles. The van der Waals surface area contributed by atoms with Crippen LogP contribution in [0.25, 0.3) is 0 Å². The first-order valence-electron chi connectivity index (χ1n) is 5.71. The van der Waals surface area contributed by atoms with E-state index in [2.05, 4.69) is 31.2 Å². The van der Waals surface area contributed by atoms with E-state index in [0.29, 0.717) is 12.0 Å². The molecule has 0 amide bonds. The molecule has 0 aliphatic heterocycles. The molecule has 1 aromatic rings. The predicted octanol–water partition coefficient (Wildman–Crippen LogP) is 2.82. The lowest BCUT2D eigenvalue weighted by Gasteiger charge is -2.20. The van der Waals surface area contributed by atoms with Crippen LogP contribution in [0.2, 0.25) is 0 Å². The van der Waals surface area contributed by atoms with Crippen LogP contribution in [0.3, 0.4) is 0 Å². The molecule has 0 aliphatic carbocycles. The quantitative estimate of drug-likeness (QED) is 0.812. The molecule has 86 valence electrons. The van der Waals surface area contributed by atoms with Crippen LogP contribution in [-0.4, -0.2) is 11.2 Å². The molecule has 1 N–H and O–H groups in total. The molecule has 0 aromatic carbocycles. The Balaban J connectivity index is 2.56. The van der Waals surface area contributed by atoms with E-state index in [1.807, 2.05) is 13.8 Å². The summed E-state index contributed by atoms with van der Waals surface area (Å²) in [5, 5.41) is 7.50. The first kappa shape index (κ1) is 12.2. The summed E-state index contributed by atoms with van der Waals surface area (Å²) in [6.45, 7) is 11.5. The third-order valence-electron chi connectivity index (χ3n) is 2.97. The maximum absolute atomic E-state index is 5.13. The Morgan fingerprint density at radius 1 is 1.33 bits per heavy atom. The Morgan fingerprint density at radius 2 is 2.00 bits per heavy atom. The lowest BCUT2D eigenvalue weighted by Crippen LogP contribution is -2.32. The van der Waals surface area contributed by atoms with Crippen LogP contribution in [-0.2, 0) is 6.54 Å². The number of rotatable bonds is 5. The van der Waals surface area contributed by atoms with Gasteiger partial charge in [0.15, 0.2) is 0 Å². The van der Waals surface area contributed by atoms with Gasteiger partial charge in [-0.3, -0.25) is 0 Å². The van der Waals surface area contributed by atoms with E-state index in [1.165, 1.54) is 5.56 Å². The highest BCUT2D eigenvalue weighted by atomic mass is 16.5. The summed E-state index contributed by atoms with van der Waals surface area (Å²) in [4.78, 5) is 0. The Hall–Kier alpha value is -0.830. The van der Waals surface area contributed by atoms with Crippen molar-refractivity contribution in [2.24, 2.45) is 5.92 Å². The van der Waals surface area contributed by atoms with Crippen molar-refractivity contribution in [1.29, 1.82) is 0 Å². The molecule has 0 radical (unpaired) electrons. The van der Waals surface area contributed by atoms with E-state index >= 15 is 0 Å². The van der Waals surface area contributed by atoms with Gasteiger partial charge in [0.2, 0.25) is 0 Å². The average Bonchev–Trinajstić information content (AvgIpc) is 2.49. The summed E-state index contributed by atoms with van der Waals surface area (Å²) in [5.74, 6) is 1.59. The van der Waals surface area contributed by atoms with Crippen molar-refractivity contribution in [3.05, 3.63) is 17.0 Å². The third-order valence-corrected chi connectivity index (χ3v) is 2.97. The smallest absolute Gasteiger partial charge is 0.138 e. The highest BCUT2D eigenvalue weighted by Gasteiger charge is 2.13. The van der Waals surface area contributed by atoms with Crippen molar-refractivity contribution >= 4 is 0 Å². The second-order valence-electron chi connectivity index (χ2n) is 4.44. The maximum Gasteiger partial charge on any atom is 0.138 e. The summed E-state index contributed by atoms with van der Waals surface area (Å²) < 4.78 is 5.13. The maximum atomic E-state index is 5.13. The van der Waals surface area contributed by atoms with Crippen molar-refractivity contribution in [2.75, 3.05) is 0 Å². The Bertz CT molecular complexity index is 285. The molecule has 3 heteroatoms. The number of hydrogen-bond acceptors (Lipinski definition) is 3. The minimum atomic E-state index is 0.568. The van der Waals surface area contributed by atoms with E-state index in [4.69, 9.17) is 4.52 Å². The van der Waals surface area contributed by atoms with Gasteiger partial charge in [-0.05, 0) is 26.2 Å². The van der Waals surface area contributed by atoms with Crippen LogP contribution in [0.15, 0.2) is 4.52 Å². The number of aromatic nitrogens is 1. The van der Waals surface area contributed by atoms with E-state index in [-0.39, 0.29) is 0 Å². The van der Waals surface area contributed by atoms with Gasteiger partial charge in [-0.2, -0.15) is 0 Å². The van der Waals surface area contributed by atoms with Crippen LogP contribution in [0.5, 0.6) is 0 Å². The van der Waals surface area contributed by atoms with Gasteiger partial charge in [-0.1, -0.05) is 25.9 Å². The number of hydrogen-bond donors (Lipinski definition) is 1. The van der Waals surface area contributed by atoms with E-state index < -0.39 is 0 Å². The SMILES string of the molecule is CC[C@H](NCc1c(C)noc1C)C(C)C. The van der Waals surface area contributed by atoms with Gasteiger partial charge in [0.1, 0.15) is 5.76 Å².